The van der Waals surface area contributed by atoms with E-state index >= 15 is 0 Å². The average Bonchev–Trinajstić information content (AvgIpc) is 3.05. The number of hydrogen-bond acceptors (Lipinski definition) is 3. The smallest absolute Gasteiger partial charge is 0.216 e. The first-order chi connectivity index (χ1) is 11.1. The van der Waals surface area contributed by atoms with Crippen LogP contribution in [0.5, 0.6) is 5.75 Å². The molecule has 4 rings (SSSR count). The second-order valence-corrected chi connectivity index (χ2v) is 5.84. The quantitative estimate of drug-likeness (QED) is 0.749. The van der Waals surface area contributed by atoms with Gasteiger partial charge in [-0.2, -0.15) is 0 Å². The standard InChI is InChI=1S/C19H16N2O2/c1-3-11-8-10(2)15-14(9-11)21-17(19(15)23)16-18(22)12-6-4-5-7-13(12)20-16/h4-9,20,22H,3H2,1-2H3. The predicted molar refractivity (Wildman–Crippen MR) is 91.0 cm³/mol. The van der Waals surface area contributed by atoms with Crippen LogP contribution in [0, 0.1) is 6.92 Å². The summed E-state index contributed by atoms with van der Waals surface area (Å²) in [5.74, 6) is -0.0594. The Morgan fingerprint density at radius 2 is 2.00 bits per heavy atom. The van der Waals surface area contributed by atoms with Gasteiger partial charge in [-0.25, -0.2) is 4.99 Å². The van der Waals surface area contributed by atoms with Crippen LogP contribution in [0.4, 0.5) is 5.69 Å². The molecule has 3 aromatic rings. The number of carbonyl (C=O) groups is 1. The predicted octanol–water partition coefficient (Wildman–Crippen LogP) is 4.06. The molecule has 1 aliphatic heterocycles. The fourth-order valence-corrected chi connectivity index (χ4v) is 3.19. The molecule has 114 valence electrons. The van der Waals surface area contributed by atoms with Crippen LogP contribution in [-0.2, 0) is 6.42 Å². The van der Waals surface area contributed by atoms with Gasteiger partial charge in [-0.05, 0) is 42.7 Å². The van der Waals surface area contributed by atoms with Crippen molar-refractivity contribution in [2.24, 2.45) is 4.99 Å². The Bertz CT molecular complexity index is 996. The number of hydrogen-bond donors (Lipinski definition) is 2. The summed E-state index contributed by atoms with van der Waals surface area (Å²) in [6.45, 7) is 4.01. The van der Waals surface area contributed by atoms with E-state index in [-0.39, 0.29) is 17.2 Å². The number of aromatic nitrogens is 1. The van der Waals surface area contributed by atoms with Gasteiger partial charge in [-0.1, -0.05) is 25.1 Å². The van der Waals surface area contributed by atoms with E-state index in [1.54, 1.807) is 0 Å². The topological polar surface area (TPSA) is 65.4 Å². The molecular formula is C19H16N2O2. The number of nitrogens with zero attached hydrogens (tertiary/aromatic N) is 1. The van der Waals surface area contributed by atoms with E-state index in [1.165, 1.54) is 0 Å². The van der Waals surface area contributed by atoms with Gasteiger partial charge in [-0.15, -0.1) is 0 Å². The molecule has 0 saturated heterocycles. The highest BCUT2D eigenvalue weighted by Crippen LogP contribution is 2.36. The van der Waals surface area contributed by atoms with Gasteiger partial charge in [0.15, 0.2) is 5.75 Å². The van der Waals surface area contributed by atoms with Gasteiger partial charge in [0.1, 0.15) is 11.4 Å². The molecule has 1 aliphatic rings. The minimum Gasteiger partial charge on any atom is -0.505 e. The number of benzene rings is 2. The van der Waals surface area contributed by atoms with Crippen molar-refractivity contribution in [2.45, 2.75) is 20.3 Å². The molecule has 0 fully saturated rings. The Hall–Kier alpha value is -2.88. The lowest BCUT2D eigenvalue weighted by atomic mass is 9.98. The number of rotatable bonds is 2. The maximum atomic E-state index is 12.8. The minimum absolute atomic E-state index is 0.0777. The number of nitrogens with one attached hydrogen (secondary N) is 1. The molecule has 1 aromatic heterocycles. The fourth-order valence-electron chi connectivity index (χ4n) is 3.19. The van der Waals surface area contributed by atoms with Crippen molar-refractivity contribution in [1.29, 1.82) is 0 Å². The molecule has 23 heavy (non-hydrogen) atoms. The summed E-state index contributed by atoms with van der Waals surface area (Å²) in [4.78, 5) is 20.4. The lowest BCUT2D eigenvalue weighted by molar-refractivity contribution is 0.106. The number of ketones is 1. The van der Waals surface area contributed by atoms with Crippen LogP contribution in [-0.4, -0.2) is 21.6 Å². The number of aromatic hydroxyl groups is 1. The number of para-hydroxylation sites is 1. The molecule has 2 heterocycles. The van der Waals surface area contributed by atoms with Crippen molar-refractivity contribution in [3.8, 4) is 5.75 Å². The Balaban J connectivity index is 1.91. The second-order valence-electron chi connectivity index (χ2n) is 5.84. The van der Waals surface area contributed by atoms with Crippen LogP contribution in [0.2, 0.25) is 0 Å². The van der Waals surface area contributed by atoms with Crippen LogP contribution in [0.3, 0.4) is 0 Å². The first-order valence-electron chi connectivity index (χ1n) is 7.67. The molecule has 0 aliphatic carbocycles. The summed E-state index contributed by atoms with van der Waals surface area (Å²) in [6, 6.07) is 11.4. The van der Waals surface area contributed by atoms with E-state index < -0.39 is 0 Å². The number of H-pyrrole nitrogens is 1. The summed E-state index contributed by atoms with van der Waals surface area (Å²) < 4.78 is 0. The molecular weight excluding hydrogens is 288 g/mol. The largest absolute Gasteiger partial charge is 0.505 e. The Kier molecular flexibility index (Phi) is 2.88. The number of Topliss-reactive ketones (excluding diaryl/α,β-unsaturated/α-hetero) is 1. The van der Waals surface area contributed by atoms with Gasteiger partial charge >= 0.3 is 0 Å². The summed E-state index contributed by atoms with van der Waals surface area (Å²) in [6.07, 6.45) is 0.894. The molecule has 2 aromatic carbocycles. The van der Waals surface area contributed by atoms with Gasteiger partial charge in [0.05, 0.1) is 11.3 Å². The molecule has 0 unspecified atom stereocenters. The molecule has 0 spiro atoms. The number of aliphatic imine (C=N–C) groups is 1. The highest BCUT2D eigenvalue weighted by Gasteiger charge is 2.31. The number of carbonyl (C=O) groups excluding carboxylic acids is 1. The highest BCUT2D eigenvalue weighted by atomic mass is 16.3. The Labute approximate surface area is 133 Å². The van der Waals surface area contributed by atoms with Gasteiger partial charge in [-0.3, -0.25) is 4.79 Å². The molecule has 0 atom stereocenters. The van der Waals surface area contributed by atoms with Crippen molar-refractivity contribution in [3.63, 3.8) is 0 Å². The summed E-state index contributed by atoms with van der Waals surface area (Å²) in [5.41, 5.74) is 4.88. The highest BCUT2D eigenvalue weighted by molar-refractivity contribution is 6.55. The summed E-state index contributed by atoms with van der Waals surface area (Å²) in [7, 11) is 0. The molecule has 2 N–H and O–H groups in total. The van der Waals surface area contributed by atoms with Crippen LogP contribution in [0.1, 0.15) is 34.1 Å². The zero-order valence-electron chi connectivity index (χ0n) is 13.0. The Morgan fingerprint density at radius 1 is 1.22 bits per heavy atom. The zero-order chi connectivity index (χ0) is 16.1. The van der Waals surface area contributed by atoms with Crippen LogP contribution >= 0.6 is 0 Å². The van der Waals surface area contributed by atoms with Gasteiger partial charge in [0.25, 0.3) is 0 Å². The molecule has 0 bridgehead atoms. The number of aryl methyl sites for hydroxylation is 2. The molecule has 4 heteroatoms. The van der Waals surface area contributed by atoms with E-state index in [0.717, 1.165) is 23.1 Å². The van der Waals surface area contributed by atoms with Crippen molar-refractivity contribution < 1.29 is 9.90 Å². The third kappa shape index (κ3) is 1.91. The molecule has 0 amide bonds. The van der Waals surface area contributed by atoms with Crippen LogP contribution in [0.15, 0.2) is 41.4 Å². The van der Waals surface area contributed by atoms with E-state index in [9.17, 15) is 9.90 Å². The zero-order valence-corrected chi connectivity index (χ0v) is 13.0. The van der Waals surface area contributed by atoms with Crippen LogP contribution in [0.25, 0.3) is 10.9 Å². The minimum atomic E-state index is -0.137. The van der Waals surface area contributed by atoms with Gasteiger partial charge in [0.2, 0.25) is 5.78 Å². The van der Waals surface area contributed by atoms with Crippen molar-refractivity contribution in [3.05, 3.63) is 58.8 Å². The third-order valence-electron chi connectivity index (χ3n) is 4.37. The normalized spacial score (nSPS) is 13.5. The molecule has 0 radical (unpaired) electrons. The van der Waals surface area contributed by atoms with E-state index in [2.05, 4.69) is 16.9 Å². The first kappa shape index (κ1) is 13.8. The van der Waals surface area contributed by atoms with E-state index in [0.29, 0.717) is 22.3 Å². The van der Waals surface area contributed by atoms with Crippen molar-refractivity contribution in [1.82, 2.24) is 4.98 Å². The number of aromatic amines is 1. The molecule has 0 saturated carbocycles. The maximum Gasteiger partial charge on any atom is 0.216 e. The Morgan fingerprint density at radius 3 is 2.74 bits per heavy atom. The second kappa shape index (κ2) is 4.81. The summed E-state index contributed by atoms with van der Waals surface area (Å²) >= 11 is 0. The fraction of sp³-hybridized carbons (Fsp3) is 0.158. The maximum absolute atomic E-state index is 12.8. The monoisotopic (exact) mass is 304 g/mol. The third-order valence-corrected chi connectivity index (χ3v) is 4.37. The summed E-state index contributed by atoms with van der Waals surface area (Å²) in [5, 5.41) is 11.1. The van der Waals surface area contributed by atoms with E-state index in [1.807, 2.05) is 43.3 Å². The SMILES string of the molecule is CCc1cc(C)c2c(c1)N=C(c1[nH]c3ccccc3c1O)C2=O. The van der Waals surface area contributed by atoms with Gasteiger partial charge < -0.3 is 10.1 Å². The lowest BCUT2D eigenvalue weighted by Crippen LogP contribution is -2.12. The van der Waals surface area contributed by atoms with Gasteiger partial charge in [0, 0.05) is 10.9 Å². The molecule has 4 nitrogen and oxygen atoms in total. The average molecular weight is 304 g/mol. The van der Waals surface area contributed by atoms with Crippen LogP contribution < -0.4 is 0 Å². The number of fused-ring (bicyclic) bond motifs is 2. The van der Waals surface area contributed by atoms with Crippen molar-refractivity contribution >= 4 is 28.1 Å². The lowest BCUT2D eigenvalue weighted by Gasteiger charge is -2.04. The van der Waals surface area contributed by atoms with Crippen molar-refractivity contribution in [2.75, 3.05) is 0 Å². The first-order valence-corrected chi connectivity index (χ1v) is 7.67. The van der Waals surface area contributed by atoms with E-state index in [4.69, 9.17) is 0 Å².